The van der Waals surface area contributed by atoms with E-state index >= 15 is 0 Å². The van der Waals surface area contributed by atoms with Crippen LogP contribution in [0.1, 0.15) is 28.9 Å². The Bertz CT molecular complexity index is 1250. The van der Waals surface area contributed by atoms with Crippen LogP contribution in [0.4, 0.5) is 17.5 Å². The minimum absolute atomic E-state index is 0.192. The summed E-state index contributed by atoms with van der Waals surface area (Å²) in [6.45, 7) is 1.41. The van der Waals surface area contributed by atoms with Gasteiger partial charge in [-0.3, -0.25) is 4.79 Å². The van der Waals surface area contributed by atoms with Crippen LogP contribution in [0.3, 0.4) is 0 Å². The molecule has 180 valence electrons. The van der Waals surface area contributed by atoms with Crippen molar-refractivity contribution in [3.05, 3.63) is 47.8 Å². The third-order valence-corrected chi connectivity index (χ3v) is 5.43. The number of carbonyl (C=O) groups excluding carboxylic acids is 1. The van der Waals surface area contributed by atoms with Crippen molar-refractivity contribution in [2.24, 2.45) is 0 Å². The number of nitrogens with zero attached hydrogens (tertiary/aromatic N) is 6. The first-order chi connectivity index (χ1) is 17.0. The number of methoxy groups -OCH3 is 1. The van der Waals surface area contributed by atoms with Gasteiger partial charge in [-0.1, -0.05) is 0 Å². The number of amides is 1. The van der Waals surface area contributed by atoms with E-state index in [1.807, 2.05) is 12.1 Å². The fourth-order valence-electron chi connectivity index (χ4n) is 3.61. The van der Waals surface area contributed by atoms with Gasteiger partial charge in [0.15, 0.2) is 5.69 Å². The van der Waals surface area contributed by atoms with Gasteiger partial charge in [0.05, 0.1) is 24.2 Å². The van der Waals surface area contributed by atoms with Crippen LogP contribution in [-0.2, 0) is 4.74 Å². The van der Waals surface area contributed by atoms with Crippen molar-refractivity contribution in [2.45, 2.75) is 18.9 Å². The monoisotopic (exact) mass is 474 g/mol. The van der Waals surface area contributed by atoms with Crippen LogP contribution in [0.25, 0.3) is 11.4 Å². The van der Waals surface area contributed by atoms with Gasteiger partial charge in [-0.05, 0) is 43.2 Å². The Morgan fingerprint density at radius 3 is 2.60 bits per heavy atom. The summed E-state index contributed by atoms with van der Waals surface area (Å²) < 4.78 is 10.7. The number of aromatic nitrogens is 4. The van der Waals surface area contributed by atoms with Crippen LogP contribution in [0, 0.1) is 11.3 Å². The lowest BCUT2D eigenvalue weighted by atomic mass is 10.1. The smallest absolute Gasteiger partial charge is 0.258 e. The lowest BCUT2D eigenvalue weighted by Gasteiger charge is -2.24. The Kier molecular flexibility index (Phi) is 7.32. The maximum absolute atomic E-state index is 12.3. The zero-order valence-corrected chi connectivity index (χ0v) is 19.8. The van der Waals surface area contributed by atoms with Gasteiger partial charge in [0, 0.05) is 39.5 Å². The third kappa shape index (κ3) is 5.62. The predicted molar refractivity (Wildman–Crippen MR) is 130 cm³/mol. The Labute approximate surface area is 203 Å². The Balaban J connectivity index is 1.54. The van der Waals surface area contributed by atoms with E-state index in [1.54, 1.807) is 38.5 Å². The Morgan fingerprint density at radius 1 is 1.11 bits per heavy atom. The van der Waals surface area contributed by atoms with Gasteiger partial charge in [-0.25, -0.2) is 15.0 Å². The molecule has 0 atom stereocenters. The van der Waals surface area contributed by atoms with Crippen LogP contribution in [0.15, 0.2) is 36.5 Å². The molecule has 0 saturated carbocycles. The number of rotatable bonds is 7. The number of hydrogen-bond donors (Lipinski definition) is 2. The molecular formula is C24H26N8O3. The van der Waals surface area contributed by atoms with Gasteiger partial charge in [-0.2, -0.15) is 10.2 Å². The van der Waals surface area contributed by atoms with Crippen LogP contribution < -0.4 is 15.4 Å². The van der Waals surface area contributed by atoms with E-state index in [2.05, 4.69) is 36.6 Å². The highest BCUT2D eigenvalue weighted by atomic mass is 16.5. The molecule has 1 aliphatic rings. The topological polar surface area (TPSA) is 138 Å². The molecule has 0 radical (unpaired) electrons. The summed E-state index contributed by atoms with van der Waals surface area (Å²) in [6.07, 6.45) is 3.36. The van der Waals surface area contributed by atoms with E-state index in [1.165, 1.54) is 12.0 Å². The number of ether oxygens (including phenoxy) is 2. The molecule has 0 bridgehead atoms. The second-order valence-corrected chi connectivity index (χ2v) is 8.08. The van der Waals surface area contributed by atoms with Gasteiger partial charge in [0.25, 0.3) is 5.91 Å². The highest BCUT2D eigenvalue weighted by molar-refractivity contribution is 5.96. The number of nitrogens with one attached hydrogen (secondary N) is 2. The highest BCUT2D eigenvalue weighted by Crippen LogP contribution is 2.25. The lowest BCUT2D eigenvalue weighted by Crippen LogP contribution is -2.28. The average Bonchev–Trinajstić information content (AvgIpc) is 2.89. The van der Waals surface area contributed by atoms with Crippen molar-refractivity contribution >= 4 is 23.4 Å². The molecule has 0 aromatic carbocycles. The SMILES string of the molecule is COc1nc(Nc2nccc(-c3ccc(NC4CCOCC4)c(C#N)n3)n2)ccc1C(=O)N(C)C. The molecule has 0 unspecified atom stereocenters. The van der Waals surface area contributed by atoms with E-state index in [0.29, 0.717) is 47.4 Å². The van der Waals surface area contributed by atoms with Crippen molar-refractivity contribution in [3.8, 4) is 23.3 Å². The summed E-state index contributed by atoms with van der Waals surface area (Å²) in [5.74, 6) is 0.676. The third-order valence-electron chi connectivity index (χ3n) is 5.43. The van der Waals surface area contributed by atoms with Gasteiger partial charge >= 0.3 is 0 Å². The van der Waals surface area contributed by atoms with Crippen molar-refractivity contribution < 1.29 is 14.3 Å². The number of nitriles is 1. The van der Waals surface area contributed by atoms with Crippen molar-refractivity contribution in [2.75, 3.05) is 45.1 Å². The lowest BCUT2D eigenvalue weighted by molar-refractivity contribution is 0.0823. The number of anilines is 3. The molecule has 1 saturated heterocycles. The second-order valence-electron chi connectivity index (χ2n) is 8.08. The maximum Gasteiger partial charge on any atom is 0.258 e. The zero-order chi connectivity index (χ0) is 24.8. The zero-order valence-electron chi connectivity index (χ0n) is 19.8. The molecule has 3 aromatic rings. The largest absolute Gasteiger partial charge is 0.480 e. The predicted octanol–water partition coefficient (Wildman–Crippen LogP) is 2.85. The van der Waals surface area contributed by atoms with Crippen molar-refractivity contribution in [1.29, 1.82) is 5.26 Å². The Morgan fingerprint density at radius 2 is 1.89 bits per heavy atom. The van der Waals surface area contributed by atoms with Crippen LogP contribution >= 0.6 is 0 Å². The molecule has 1 fully saturated rings. The first-order valence-corrected chi connectivity index (χ1v) is 11.1. The molecule has 3 aromatic heterocycles. The minimum Gasteiger partial charge on any atom is -0.480 e. The fourth-order valence-corrected chi connectivity index (χ4v) is 3.61. The molecule has 1 amide bonds. The van der Waals surface area contributed by atoms with E-state index in [9.17, 15) is 10.1 Å². The molecule has 0 spiro atoms. The molecule has 11 heteroatoms. The second kappa shape index (κ2) is 10.8. The number of hydrogen-bond acceptors (Lipinski definition) is 10. The first kappa shape index (κ1) is 23.8. The van der Waals surface area contributed by atoms with E-state index in [4.69, 9.17) is 9.47 Å². The van der Waals surface area contributed by atoms with Crippen molar-refractivity contribution in [3.63, 3.8) is 0 Å². The molecule has 0 aliphatic carbocycles. The summed E-state index contributed by atoms with van der Waals surface area (Å²) in [6, 6.07) is 11.1. The van der Waals surface area contributed by atoms with Gasteiger partial charge in [-0.15, -0.1) is 0 Å². The average molecular weight is 475 g/mol. The first-order valence-electron chi connectivity index (χ1n) is 11.1. The van der Waals surface area contributed by atoms with Crippen molar-refractivity contribution in [1.82, 2.24) is 24.8 Å². The number of pyridine rings is 2. The maximum atomic E-state index is 12.3. The van der Waals surface area contributed by atoms with Crippen LogP contribution in [0.2, 0.25) is 0 Å². The summed E-state index contributed by atoms with van der Waals surface area (Å²) in [5.41, 5.74) is 2.43. The molecule has 4 rings (SSSR count). The number of carbonyl (C=O) groups is 1. The highest BCUT2D eigenvalue weighted by Gasteiger charge is 2.18. The van der Waals surface area contributed by atoms with E-state index in [-0.39, 0.29) is 23.8 Å². The normalized spacial score (nSPS) is 13.5. The summed E-state index contributed by atoms with van der Waals surface area (Å²) in [5, 5.41) is 16.1. The van der Waals surface area contributed by atoms with Gasteiger partial charge in [0.2, 0.25) is 11.8 Å². The molecule has 1 aliphatic heterocycles. The molecule has 11 nitrogen and oxygen atoms in total. The standard InChI is InChI=1S/C24H26N8O3/c1-32(2)23(33)16-4-7-21(30-22(16)34-3)31-24-26-11-8-19(29-24)17-5-6-18(20(14-25)28-17)27-15-9-12-35-13-10-15/h4-8,11,15,27H,9-10,12-13H2,1-3H3,(H,26,29,30,31). The van der Waals surface area contributed by atoms with Gasteiger partial charge < -0.3 is 25.0 Å². The molecule has 4 heterocycles. The minimum atomic E-state index is -0.215. The fraction of sp³-hybridized carbons (Fsp3) is 0.333. The molecule has 35 heavy (non-hydrogen) atoms. The van der Waals surface area contributed by atoms with Gasteiger partial charge in [0.1, 0.15) is 17.5 Å². The summed E-state index contributed by atoms with van der Waals surface area (Å²) in [4.78, 5) is 31.4. The van der Waals surface area contributed by atoms with E-state index in [0.717, 1.165) is 12.8 Å². The molecular weight excluding hydrogens is 448 g/mol. The Hall–Kier alpha value is -4.30. The van der Waals surface area contributed by atoms with Crippen LogP contribution in [0.5, 0.6) is 5.88 Å². The molecule has 2 N–H and O–H groups in total. The summed E-state index contributed by atoms with van der Waals surface area (Å²) in [7, 11) is 4.77. The summed E-state index contributed by atoms with van der Waals surface area (Å²) >= 11 is 0. The van der Waals surface area contributed by atoms with E-state index < -0.39 is 0 Å². The quantitative estimate of drug-likeness (QED) is 0.525. The van der Waals surface area contributed by atoms with Crippen LogP contribution in [-0.4, -0.2) is 71.2 Å².